The summed E-state index contributed by atoms with van der Waals surface area (Å²) in [6.45, 7) is 0.324. The normalized spacial score (nSPS) is 11.5. The highest BCUT2D eigenvalue weighted by Gasteiger charge is 2.30. The second kappa shape index (κ2) is 10.9. The van der Waals surface area contributed by atoms with Crippen molar-refractivity contribution in [2.24, 2.45) is 0 Å². The molecule has 0 aliphatic heterocycles. The van der Waals surface area contributed by atoms with Crippen LogP contribution in [0.15, 0.2) is 72.8 Å². The standard InChI is InChI=1S/C25H23F5N2O/c26-20-11-7-17(8-12-20)23(18-9-13-21(27)14-10-18)6-1-2-15-31-24(33)32-22-5-3-4-19(16-22)25(28,29)30/h3-5,7-14,16,23H,1-2,6,15H2,(H2,31,32,33). The molecule has 0 atom stereocenters. The molecule has 8 heteroatoms. The number of halogens is 5. The Morgan fingerprint density at radius 1 is 0.818 bits per heavy atom. The number of carbonyl (C=O) groups is 1. The van der Waals surface area contributed by atoms with Gasteiger partial charge in [-0.1, -0.05) is 36.8 Å². The lowest BCUT2D eigenvalue weighted by Gasteiger charge is -2.18. The Morgan fingerprint density at radius 2 is 1.39 bits per heavy atom. The van der Waals surface area contributed by atoms with Crippen LogP contribution in [0.25, 0.3) is 0 Å². The number of alkyl halides is 3. The summed E-state index contributed by atoms with van der Waals surface area (Å²) in [4.78, 5) is 12.0. The molecular weight excluding hydrogens is 439 g/mol. The molecule has 3 aromatic carbocycles. The van der Waals surface area contributed by atoms with E-state index >= 15 is 0 Å². The highest BCUT2D eigenvalue weighted by atomic mass is 19.4. The van der Waals surface area contributed by atoms with Crippen LogP contribution < -0.4 is 10.6 Å². The average Bonchev–Trinajstić information content (AvgIpc) is 2.77. The van der Waals surface area contributed by atoms with Gasteiger partial charge in [0.25, 0.3) is 0 Å². The Labute approximate surface area is 188 Å². The molecule has 33 heavy (non-hydrogen) atoms. The van der Waals surface area contributed by atoms with E-state index in [9.17, 15) is 26.7 Å². The van der Waals surface area contributed by atoms with Crippen LogP contribution in [0.4, 0.5) is 32.4 Å². The maximum atomic E-state index is 13.3. The molecule has 3 rings (SSSR count). The zero-order valence-electron chi connectivity index (χ0n) is 17.6. The molecule has 0 bridgehead atoms. The number of benzene rings is 3. The fourth-order valence-electron chi connectivity index (χ4n) is 3.54. The van der Waals surface area contributed by atoms with Crippen LogP contribution in [-0.4, -0.2) is 12.6 Å². The molecule has 0 aliphatic carbocycles. The topological polar surface area (TPSA) is 41.1 Å². The highest BCUT2D eigenvalue weighted by molar-refractivity contribution is 5.89. The molecule has 0 unspecified atom stereocenters. The summed E-state index contributed by atoms with van der Waals surface area (Å²) in [5.41, 5.74) is 1.01. The fraction of sp³-hybridized carbons (Fsp3) is 0.240. The molecule has 0 aliphatic rings. The van der Waals surface area contributed by atoms with Crippen LogP contribution in [0.3, 0.4) is 0 Å². The van der Waals surface area contributed by atoms with Gasteiger partial charge in [-0.25, -0.2) is 13.6 Å². The largest absolute Gasteiger partial charge is 0.416 e. The van der Waals surface area contributed by atoms with E-state index in [4.69, 9.17) is 0 Å². The first-order chi connectivity index (χ1) is 15.7. The molecule has 2 amide bonds. The Morgan fingerprint density at radius 3 is 1.94 bits per heavy atom. The molecule has 2 N–H and O–H groups in total. The number of amides is 2. The van der Waals surface area contributed by atoms with Gasteiger partial charge in [0.2, 0.25) is 0 Å². The van der Waals surface area contributed by atoms with E-state index in [1.807, 2.05) is 0 Å². The van der Waals surface area contributed by atoms with Gasteiger partial charge in [-0.05, 0) is 66.4 Å². The number of nitrogens with one attached hydrogen (secondary N) is 2. The molecule has 0 heterocycles. The predicted molar refractivity (Wildman–Crippen MR) is 117 cm³/mol. The summed E-state index contributed by atoms with van der Waals surface area (Å²) in [7, 11) is 0. The Kier molecular flexibility index (Phi) is 8.03. The van der Waals surface area contributed by atoms with E-state index in [2.05, 4.69) is 10.6 Å². The SMILES string of the molecule is O=C(NCCCCC(c1ccc(F)cc1)c1ccc(F)cc1)Nc1cccc(C(F)(F)F)c1. The van der Waals surface area contributed by atoms with E-state index in [1.165, 1.54) is 36.4 Å². The zero-order valence-corrected chi connectivity index (χ0v) is 17.6. The van der Waals surface area contributed by atoms with Crippen LogP contribution in [0, 0.1) is 11.6 Å². The van der Waals surface area contributed by atoms with Crippen molar-refractivity contribution in [1.82, 2.24) is 5.32 Å². The van der Waals surface area contributed by atoms with Crippen LogP contribution in [0.2, 0.25) is 0 Å². The molecule has 0 spiro atoms. The van der Waals surface area contributed by atoms with Gasteiger partial charge in [-0.2, -0.15) is 13.2 Å². The molecule has 0 saturated heterocycles. The van der Waals surface area contributed by atoms with Gasteiger partial charge in [0.05, 0.1) is 5.56 Å². The van der Waals surface area contributed by atoms with Crippen LogP contribution in [0.5, 0.6) is 0 Å². The Hall–Kier alpha value is -3.42. The summed E-state index contributed by atoms with van der Waals surface area (Å²) in [6.07, 6.45) is -2.47. The molecule has 3 nitrogen and oxygen atoms in total. The Bertz CT molecular complexity index is 1000. The lowest BCUT2D eigenvalue weighted by atomic mass is 9.87. The van der Waals surface area contributed by atoms with Crippen molar-refractivity contribution in [1.29, 1.82) is 0 Å². The zero-order chi connectivity index (χ0) is 23.8. The summed E-state index contributed by atoms with van der Waals surface area (Å²) in [5, 5.41) is 5.02. The van der Waals surface area contributed by atoms with Crippen LogP contribution >= 0.6 is 0 Å². The number of rotatable bonds is 8. The third kappa shape index (κ3) is 7.30. The van der Waals surface area contributed by atoms with E-state index in [0.717, 1.165) is 23.3 Å². The van der Waals surface area contributed by atoms with Gasteiger partial charge in [0.15, 0.2) is 0 Å². The first-order valence-corrected chi connectivity index (χ1v) is 10.5. The van der Waals surface area contributed by atoms with E-state index in [-0.39, 0.29) is 23.2 Å². The third-order valence-electron chi connectivity index (χ3n) is 5.20. The lowest BCUT2D eigenvalue weighted by Crippen LogP contribution is -2.29. The van der Waals surface area contributed by atoms with Crippen molar-refractivity contribution < 1.29 is 26.7 Å². The summed E-state index contributed by atoms with van der Waals surface area (Å²) in [5.74, 6) is -0.745. The molecule has 174 valence electrons. The van der Waals surface area contributed by atoms with E-state index in [0.29, 0.717) is 25.8 Å². The number of hydrogen-bond acceptors (Lipinski definition) is 1. The molecule has 3 aromatic rings. The van der Waals surface area contributed by atoms with Gasteiger partial charge < -0.3 is 10.6 Å². The number of anilines is 1. The van der Waals surface area contributed by atoms with Crippen LogP contribution in [0.1, 0.15) is 41.9 Å². The maximum absolute atomic E-state index is 13.3. The van der Waals surface area contributed by atoms with Crippen molar-refractivity contribution in [3.05, 3.63) is 101 Å². The quantitative estimate of drug-likeness (QED) is 0.272. The van der Waals surface area contributed by atoms with Gasteiger partial charge in [0, 0.05) is 18.2 Å². The summed E-state index contributed by atoms with van der Waals surface area (Å²) >= 11 is 0. The van der Waals surface area contributed by atoms with Gasteiger partial charge >= 0.3 is 12.2 Å². The smallest absolute Gasteiger partial charge is 0.338 e. The second-order valence-corrected chi connectivity index (χ2v) is 7.61. The maximum Gasteiger partial charge on any atom is 0.416 e. The number of unbranched alkanes of at least 4 members (excludes halogenated alkanes) is 1. The monoisotopic (exact) mass is 462 g/mol. The van der Waals surface area contributed by atoms with E-state index in [1.54, 1.807) is 24.3 Å². The number of hydrogen-bond donors (Lipinski definition) is 2. The predicted octanol–water partition coefficient (Wildman–Crippen LogP) is 7.11. The van der Waals surface area contributed by atoms with Crippen LogP contribution in [-0.2, 0) is 6.18 Å². The third-order valence-corrected chi connectivity index (χ3v) is 5.20. The van der Waals surface area contributed by atoms with Gasteiger partial charge in [0.1, 0.15) is 11.6 Å². The van der Waals surface area contributed by atoms with E-state index < -0.39 is 17.8 Å². The minimum absolute atomic E-state index is 0.0509. The van der Waals surface area contributed by atoms with Crippen molar-refractivity contribution in [2.45, 2.75) is 31.4 Å². The number of carbonyl (C=O) groups excluding carboxylic acids is 1. The molecular formula is C25H23F5N2O. The summed E-state index contributed by atoms with van der Waals surface area (Å²) < 4.78 is 65.0. The second-order valence-electron chi connectivity index (χ2n) is 7.61. The van der Waals surface area contributed by atoms with Crippen molar-refractivity contribution >= 4 is 11.7 Å². The molecule has 0 fully saturated rings. The lowest BCUT2D eigenvalue weighted by molar-refractivity contribution is -0.137. The first-order valence-electron chi connectivity index (χ1n) is 10.5. The summed E-state index contributed by atoms with van der Waals surface area (Å²) in [6, 6.07) is 16.1. The molecule has 0 aromatic heterocycles. The van der Waals surface area contributed by atoms with Crippen molar-refractivity contribution in [3.63, 3.8) is 0 Å². The average molecular weight is 462 g/mol. The minimum atomic E-state index is -4.49. The van der Waals surface area contributed by atoms with Gasteiger partial charge in [-0.15, -0.1) is 0 Å². The first kappa shape index (κ1) is 24.2. The van der Waals surface area contributed by atoms with Gasteiger partial charge in [-0.3, -0.25) is 0 Å². The molecule has 0 radical (unpaired) electrons. The van der Waals surface area contributed by atoms with Crippen molar-refractivity contribution in [2.75, 3.05) is 11.9 Å². The highest BCUT2D eigenvalue weighted by Crippen LogP contribution is 2.31. The van der Waals surface area contributed by atoms with Crippen molar-refractivity contribution in [3.8, 4) is 0 Å². The minimum Gasteiger partial charge on any atom is -0.338 e. The fourth-order valence-corrected chi connectivity index (χ4v) is 3.54. The molecule has 0 saturated carbocycles. The number of urea groups is 1. The Balaban J connectivity index is 1.51.